The van der Waals surface area contributed by atoms with Gasteiger partial charge in [0.15, 0.2) is 0 Å². The lowest BCUT2D eigenvalue weighted by Gasteiger charge is -2.28. The monoisotopic (exact) mass is 357 g/mol. The molecule has 1 saturated heterocycles. The fourth-order valence-corrected chi connectivity index (χ4v) is 3.14. The van der Waals surface area contributed by atoms with E-state index in [9.17, 15) is 9.59 Å². The number of amides is 1. The molecule has 2 aromatic rings. The number of aromatic amines is 1. The van der Waals surface area contributed by atoms with E-state index in [2.05, 4.69) is 9.97 Å². The van der Waals surface area contributed by atoms with Crippen molar-refractivity contribution in [2.75, 3.05) is 26.8 Å². The van der Waals surface area contributed by atoms with Crippen LogP contribution in [0.2, 0.25) is 0 Å². The highest BCUT2D eigenvalue weighted by Gasteiger charge is 2.41. The second-order valence-corrected chi connectivity index (χ2v) is 6.63. The highest BCUT2D eigenvalue weighted by molar-refractivity contribution is 5.92. The summed E-state index contributed by atoms with van der Waals surface area (Å²) in [4.78, 5) is 32.6. The van der Waals surface area contributed by atoms with Crippen LogP contribution < -0.4 is 10.3 Å². The molecule has 0 aliphatic carbocycles. The van der Waals surface area contributed by atoms with Crippen LogP contribution >= 0.6 is 0 Å². The van der Waals surface area contributed by atoms with Crippen LogP contribution in [0.15, 0.2) is 35.1 Å². The van der Waals surface area contributed by atoms with Crippen LogP contribution in [0.3, 0.4) is 0 Å². The molecule has 0 bridgehead atoms. The van der Waals surface area contributed by atoms with Gasteiger partial charge in [0.2, 0.25) is 0 Å². The number of carbonyl (C=O) groups excluding carboxylic acids is 1. The van der Waals surface area contributed by atoms with Gasteiger partial charge >= 0.3 is 0 Å². The average Bonchev–Trinajstić information content (AvgIpc) is 3.05. The summed E-state index contributed by atoms with van der Waals surface area (Å²) >= 11 is 0. The number of para-hydroxylation sites is 1. The number of hydrogen-bond donors (Lipinski definition) is 1. The zero-order valence-electron chi connectivity index (χ0n) is 15.2. The topological polar surface area (TPSA) is 84.5 Å². The molecule has 1 aliphatic rings. The second-order valence-electron chi connectivity index (χ2n) is 6.63. The number of rotatable bonds is 5. The zero-order chi connectivity index (χ0) is 18.7. The molecule has 7 heteroatoms. The normalized spacial score (nSPS) is 19.6. The largest absolute Gasteiger partial charge is 0.490 e. The number of carbonyl (C=O) groups is 1. The van der Waals surface area contributed by atoms with E-state index in [0.29, 0.717) is 31.9 Å². The third kappa shape index (κ3) is 3.77. The molecule has 0 radical (unpaired) electrons. The molecule has 1 aromatic heterocycles. The van der Waals surface area contributed by atoms with Crippen LogP contribution in [0.1, 0.15) is 28.3 Å². The molecule has 3 rings (SSSR count). The Balaban J connectivity index is 1.71. The van der Waals surface area contributed by atoms with Crippen molar-refractivity contribution in [2.45, 2.75) is 25.9 Å². The summed E-state index contributed by atoms with van der Waals surface area (Å²) in [7, 11) is 1.63. The van der Waals surface area contributed by atoms with Gasteiger partial charge in [-0.1, -0.05) is 18.2 Å². The third-order valence-electron chi connectivity index (χ3n) is 4.70. The van der Waals surface area contributed by atoms with E-state index >= 15 is 0 Å². The van der Waals surface area contributed by atoms with Crippen LogP contribution in [0, 0.1) is 13.8 Å². The van der Waals surface area contributed by atoms with Gasteiger partial charge in [0.1, 0.15) is 29.5 Å². The highest BCUT2D eigenvalue weighted by Crippen LogP contribution is 2.28. The van der Waals surface area contributed by atoms with Crippen molar-refractivity contribution in [3.05, 3.63) is 57.8 Å². The van der Waals surface area contributed by atoms with Gasteiger partial charge in [-0.05, 0) is 31.9 Å². The van der Waals surface area contributed by atoms with Gasteiger partial charge in [-0.2, -0.15) is 0 Å². The predicted molar refractivity (Wildman–Crippen MR) is 96.5 cm³/mol. The molecule has 0 saturated carbocycles. The quantitative estimate of drug-likeness (QED) is 0.880. The van der Waals surface area contributed by atoms with Gasteiger partial charge in [0, 0.05) is 19.7 Å². The van der Waals surface area contributed by atoms with E-state index in [1.807, 2.05) is 31.2 Å². The van der Waals surface area contributed by atoms with Crippen LogP contribution in [0.25, 0.3) is 0 Å². The molecule has 0 unspecified atom stereocenters. The summed E-state index contributed by atoms with van der Waals surface area (Å²) < 4.78 is 11.7. The maximum absolute atomic E-state index is 12.7. The van der Waals surface area contributed by atoms with Gasteiger partial charge < -0.3 is 19.4 Å². The molecule has 1 amide bonds. The Morgan fingerprint density at radius 1 is 1.35 bits per heavy atom. The number of methoxy groups -OCH3 is 1. The fourth-order valence-electron chi connectivity index (χ4n) is 3.14. The first-order chi connectivity index (χ1) is 12.4. The Bertz CT molecular complexity index is 864. The lowest BCUT2D eigenvalue weighted by atomic mass is 10.0. The fraction of sp³-hybridized carbons (Fsp3) is 0.421. The maximum atomic E-state index is 12.7. The van der Waals surface area contributed by atoms with E-state index in [1.54, 1.807) is 18.9 Å². The minimum atomic E-state index is -0.575. The summed E-state index contributed by atoms with van der Waals surface area (Å²) in [6.07, 6.45) is 0.656. The average molecular weight is 357 g/mol. The van der Waals surface area contributed by atoms with Gasteiger partial charge in [-0.15, -0.1) is 0 Å². The lowest BCUT2D eigenvalue weighted by Crippen LogP contribution is -2.42. The molecule has 138 valence electrons. The smallest absolute Gasteiger partial charge is 0.272 e. The molecule has 1 aliphatic heterocycles. The molecule has 1 aromatic carbocycles. The maximum Gasteiger partial charge on any atom is 0.272 e. The van der Waals surface area contributed by atoms with E-state index in [4.69, 9.17) is 9.47 Å². The first kappa shape index (κ1) is 18.1. The number of benzene rings is 1. The van der Waals surface area contributed by atoms with Crippen molar-refractivity contribution in [1.82, 2.24) is 14.9 Å². The summed E-state index contributed by atoms with van der Waals surface area (Å²) in [5, 5.41) is 0. The number of aromatic nitrogens is 2. The molecule has 1 N–H and O–H groups in total. The number of nitrogens with one attached hydrogen (secondary N) is 1. The summed E-state index contributed by atoms with van der Waals surface area (Å²) in [6, 6.07) is 9.01. The second kappa shape index (κ2) is 7.29. The highest BCUT2D eigenvalue weighted by atomic mass is 16.5. The van der Waals surface area contributed by atoms with E-state index < -0.39 is 5.60 Å². The van der Waals surface area contributed by atoms with Crippen molar-refractivity contribution in [1.29, 1.82) is 0 Å². The Morgan fingerprint density at radius 2 is 2.12 bits per heavy atom. The Hall–Kier alpha value is -2.67. The van der Waals surface area contributed by atoms with E-state index in [-0.39, 0.29) is 17.2 Å². The molecule has 1 atom stereocenters. The summed E-state index contributed by atoms with van der Waals surface area (Å²) in [6.45, 7) is 4.90. The SMILES string of the molecule is CO[C@@]1(COc2ccccc2C)CCN(C(=O)c2cc(=O)[nH]c(C)n2)C1. The molecule has 1 fully saturated rings. The minimum Gasteiger partial charge on any atom is -0.490 e. The van der Waals surface area contributed by atoms with Crippen LogP contribution in [-0.2, 0) is 4.74 Å². The third-order valence-corrected chi connectivity index (χ3v) is 4.70. The van der Waals surface area contributed by atoms with Crippen LogP contribution in [0.5, 0.6) is 5.75 Å². The first-order valence-corrected chi connectivity index (χ1v) is 8.53. The Kier molecular flexibility index (Phi) is 5.08. The molecular formula is C19H23N3O4. The number of ether oxygens (including phenoxy) is 2. The standard InChI is InChI=1S/C19H23N3O4/c1-13-6-4-5-7-16(13)26-12-19(25-3)8-9-22(11-19)18(24)15-10-17(23)21-14(2)20-15/h4-7,10H,8-9,11-12H2,1-3H3,(H,20,21,23)/t19-/m0/s1. The summed E-state index contributed by atoms with van der Waals surface area (Å²) in [5.41, 5.74) is 0.292. The van der Waals surface area contributed by atoms with Gasteiger partial charge in [-0.3, -0.25) is 9.59 Å². The predicted octanol–water partition coefficient (Wildman–Crippen LogP) is 1.70. The molecule has 7 nitrogen and oxygen atoms in total. The number of H-pyrrole nitrogens is 1. The molecule has 2 heterocycles. The van der Waals surface area contributed by atoms with Crippen molar-refractivity contribution in [3.8, 4) is 5.75 Å². The van der Waals surface area contributed by atoms with E-state index in [1.165, 1.54) is 6.07 Å². The number of hydrogen-bond acceptors (Lipinski definition) is 5. The first-order valence-electron chi connectivity index (χ1n) is 8.53. The van der Waals surface area contributed by atoms with Crippen LogP contribution in [0.4, 0.5) is 0 Å². The zero-order valence-corrected chi connectivity index (χ0v) is 15.2. The van der Waals surface area contributed by atoms with Crippen molar-refractivity contribution in [2.24, 2.45) is 0 Å². The minimum absolute atomic E-state index is 0.151. The lowest BCUT2D eigenvalue weighted by molar-refractivity contribution is -0.0344. The van der Waals surface area contributed by atoms with Crippen LogP contribution in [-0.4, -0.2) is 53.2 Å². The molecule has 26 heavy (non-hydrogen) atoms. The summed E-state index contributed by atoms with van der Waals surface area (Å²) in [5.74, 6) is 0.954. The van der Waals surface area contributed by atoms with Gasteiger partial charge in [0.05, 0.1) is 6.54 Å². The Labute approximate surface area is 152 Å². The Morgan fingerprint density at radius 3 is 2.81 bits per heavy atom. The molecule has 0 spiro atoms. The number of nitrogens with zero attached hydrogens (tertiary/aromatic N) is 2. The van der Waals surface area contributed by atoms with Gasteiger partial charge in [0.25, 0.3) is 11.5 Å². The van der Waals surface area contributed by atoms with Crippen molar-refractivity contribution >= 4 is 5.91 Å². The number of likely N-dealkylation sites (tertiary alicyclic amines) is 1. The van der Waals surface area contributed by atoms with Gasteiger partial charge in [-0.25, -0.2) is 4.98 Å². The number of aryl methyl sites for hydroxylation is 2. The molecular weight excluding hydrogens is 334 g/mol. The van der Waals surface area contributed by atoms with E-state index in [0.717, 1.165) is 11.3 Å². The van der Waals surface area contributed by atoms with Crippen molar-refractivity contribution < 1.29 is 14.3 Å². The van der Waals surface area contributed by atoms with Crippen molar-refractivity contribution in [3.63, 3.8) is 0 Å².